The summed E-state index contributed by atoms with van der Waals surface area (Å²) in [5.74, 6) is -0.744. The van der Waals surface area contributed by atoms with Crippen LogP contribution in [0.3, 0.4) is 0 Å². The number of carbonyl (C=O) groups is 3. The third kappa shape index (κ3) is 4.84. The number of hydrogen-bond donors (Lipinski definition) is 1. The van der Waals surface area contributed by atoms with Crippen molar-refractivity contribution in [3.05, 3.63) is 53.6 Å². The zero-order valence-corrected chi connectivity index (χ0v) is 15.6. The Balaban J connectivity index is 2.08. The van der Waals surface area contributed by atoms with Crippen LogP contribution >= 0.6 is 0 Å². The predicted octanol–water partition coefficient (Wildman–Crippen LogP) is 3.09. The molecule has 142 valence electrons. The fraction of sp³-hybridized carbons (Fsp3) is 0.250. The van der Waals surface area contributed by atoms with Gasteiger partial charge in [-0.15, -0.1) is 0 Å². The summed E-state index contributed by atoms with van der Waals surface area (Å²) in [4.78, 5) is 36.1. The van der Waals surface area contributed by atoms with Crippen LogP contribution in [0.15, 0.2) is 42.5 Å². The maximum Gasteiger partial charge on any atom is 0.346 e. The van der Waals surface area contributed by atoms with Gasteiger partial charge in [-0.3, -0.25) is 9.59 Å². The lowest BCUT2D eigenvalue weighted by Crippen LogP contribution is -2.30. The van der Waals surface area contributed by atoms with E-state index in [2.05, 4.69) is 5.32 Å². The first-order valence-electron chi connectivity index (χ1n) is 8.21. The molecule has 1 atom stereocenters. The molecule has 2 rings (SSSR count). The molecule has 0 aromatic heterocycles. The molecule has 0 saturated heterocycles. The van der Waals surface area contributed by atoms with E-state index in [4.69, 9.17) is 14.2 Å². The standard InChI is InChI=1S/C20H21NO6/c1-12(22)14-8-10-15(11-9-14)21-19(23)13(2)27-20(24)18-16(25-3)6-5-7-17(18)26-4/h5-11,13H,1-4H3,(H,21,23)/t13-/m0/s1. The van der Waals surface area contributed by atoms with Crippen molar-refractivity contribution in [3.63, 3.8) is 0 Å². The van der Waals surface area contributed by atoms with E-state index in [0.717, 1.165) is 0 Å². The lowest BCUT2D eigenvalue weighted by molar-refractivity contribution is -0.123. The van der Waals surface area contributed by atoms with Crippen LogP contribution in [0.1, 0.15) is 34.6 Å². The number of carbonyl (C=O) groups excluding carboxylic acids is 3. The number of anilines is 1. The molecule has 0 fully saturated rings. The molecule has 0 unspecified atom stereocenters. The summed E-state index contributed by atoms with van der Waals surface area (Å²) in [6, 6.07) is 11.3. The van der Waals surface area contributed by atoms with Crippen molar-refractivity contribution in [1.82, 2.24) is 0 Å². The normalized spacial score (nSPS) is 11.3. The minimum Gasteiger partial charge on any atom is -0.496 e. The van der Waals surface area contributed by atoms with Crippen molar-refractivity contribution in [2.75, 3.05) is 19.5 Å². The van der Waals surface area contributed by atoms with Crippen LogP contribution in [0.4, 0.5) is 5.69 Å². The Kier molecular flexibility index (Phi) is 6.54. The summed E-state index contributed by atoms with van der Waals surface area (Å²) >= 11 is 0. The van der Waals surface area contributed by atoms with Gasteiger partial charge in [0.2, 0.25) is 0 Å². The van der Waals surface area contributed by atoms with Gasteiger partial charge in [-0.25, -0.2) is 4.79 Å². The van der Waals surface area contributed by atoms with Gasteiger partial charge < -0.3 is 19.5 Å². The Bertz CT molecular complexity index is 822. The van der Waals surface area contributed by atoms with Gasteiger partial charge in [-0.2, -0.15) is 0 Å². The molecule has 0 bridgehead atoms. The van der Waals surface area contributed by atoms with E-state index >= 15 is 0 Å². The zero-order chi connectivity index (χ0) is 20.0. The molecule has 7 nitrogen and oxygen atoms in total. The minimum absolute atomic E-state index is 0.0686. The molecule has 0 spiro atoms. The van der Waals surface area contributed by atoms with E-state index in [1.54, 1.807) is 42.5 Å². The molecule has 0 heterocycles. The Morgan fingerprint density at radius 3 is 1.96 bits per heavy atom. The third-order valence-electron chi connectivity index (χ3n) is 3.84. The highest BCUT2D eigenvalue weighted by molar-refractivity contribution is 6.00. The highest BCUT2D eigenvalue weighted by Crippen LogP contribution is 2.29. The lowest BCUT2D eigenvalue weighted by Gasteiger charge is -2.16. The zero-order valence-electron chi connectivity index (χ0n) is 15.6. The van der Waals surface area contributed by atoms with Crippen LogP contribution in [-0.2, 0) is 9.53 Å². The fourth-order valence-electron chi connectivity index (χ4n) is 2.36. The third-order valence-corrected chi connectivity index (χ3v) is 3.84. The second kappa shape index (κ2) is 8.84. The second-order valence-corrected chi connectivity index (χ2v) is 5.71. The van der Waals surface area contributed by atoms with E-state index < -0.39 is 18.0 Å². The summed E-state index contributed by atoms with van der Waals surface area (Å²) in [5.41, 5.74) is 1.13. The summed E-state index contributed by atoms with van der Waals surface area (Å²) in [7, 11) is 2.85. The molecular weight excluding hydrogens is 350 g/mol. The Labute approximate surface area is 157 Å². The van der Waals surface area contributed by atoms with Crippen LogP contribution in [0.5, 0.6) is 11.5 Å². The molecular formula is C20H21NO6. The minimum atomic E-state index is -1.06. The Morgan fingerprint density at radius 2 is 1.48 bits per heavy atom. The largest absolute Gasteiger partial charge is 0.496 e. The average molecular weight is 371 g/mol. The van der Waals surface area contributed by atoms with Gasteiger partial charge in [0.15, 0.2) is 11.9 Å². The summed E-state index contributed by atoms with van der Waals surface area (Å²) in [6.45, 7) is 2.92. The molecule has 2 aromatic carbocycles. The van der Waals surface area contributed by atoms with Gasteiger partial charge in [0, 0.05) is 11.3 Å². The Morgan fingerprint density at radius 1 is 0.926 bits per heavy atom. The molecule has 0 aliphatic heterocycles. The van der Waals surface area contributed by atoms with Crippen molar-refractivity contribution in [2.24, 2.45) is 0 Å². The highest BCUT2D eigenvalue weighted by Gasteiger charge is 2.24. The van der Waals surface area contributed by atoms with Crippen LogP contribution in [-0.4, -0.2) is 38.0 Å². The number of methoxy groups -OCH3 is 2. The first kappa shape index (κ1) is 20.0. The van der Waals surface area contributed by atoms with Gasteiger partial charge >= 0.3 is 5.97 Å². The fourth-order valence-corrected chi connectivity index (χ4v) is 2.36. The van der Waals surface area contributed by atoms with Crippen molar-refractivity contribution >= 4 is 23.3 Å². The number of benzene rings is 2. The van der Waals surface area contributed by atoms with Gasteiger partial charge in [0.1, 0.15) is 17.1 Å². The molecule has 0 radical (unpaired) electrons. The molecule has 0 aliphatic rings. The van der Waals surface area contributed by atoms with E-state index in [9.17, 15) is 14.4 Å². The smallest absolute Gasteiger partial charge is 0.346 e. The van der Waals surface area contributed by atoms with Crippen molar-refractivity contribution in [1.29, 1.82) is 0 Å². The first-order valence-corrected chi connectivity index (χ1v) is 8.21. The monoisotopic (exact) mass is 371 g/mol. The summed E-state index contributed by atoms with van der Waals surface area (Å²) in [6.07, 6.45) is -1.06. The van der Waals surface area contributed by atoms with E-state index in [0.29, 0.717) is 11.3 Å². The summed E-state index contributed by atoms with van der Waals surface area (Å²) < 4.78 is 15.6. The lowest BCUT2D eigenvalue weighted by atomic mass is 10.1. The molecule has 0 aliphatic carbocycles. The molecule has 2 aromatic rings. The van der Waals surface area contributed by atoms with Crippen molar-refractivity contribution < 1.29 is 28.6 Å². The average Bonchev–Trinajstić information content (AvgIpc) is 2.67. The number of amides is 1. The van der Waals surface area contributed by atoms with Crippen LogP contribution in [0.25, 0.3) is 0 Å². The number of hydrogen-bond acceptors (Lipinski definition) is 6. The molecule has 0 saturated carbocycles. The van der Waals surface area contributed by atoms with E-state index in [1.165, 1.54) is 28.1 Å². The second-order valence-electron chi connectivity index (χ2n) is 5.71. The molecule has 1 amide bonds. The van der Waals surface area contributed by atoms with Crippen molar-refractivity contribution in [3.8, 4) is 11.5 Å². The highest BCUT2D eigenvalue weighted by atomic mass is 16.6. The van der Waals surface area contributed by atoms with Gasteiger partial charge in [0.05, 0.1) is 14.2 Å². The van der Waals surface area contributed by atoms with E-state index in [-0.39, 0.29) is 22.8 Å². The van der Waals surface area contributed by atoms with Gasteiger partial charge in [-0.05, 0) is 50.2 Å². The van der Waals surface area contributed by atoms with Gasteiger partial charge in [-0.1, -0.05) is 6.07 Å². The molecule has 1 N–H and O–H groups in total. The topological polar surface area (TPSA) is 90.9 Å². The number of esters is 1. The number of Topliss-reactive ketones (excluding diaryl/α,β-unsaturated/α-hetero) is 1. The summed E-state index contributed by atoms with van der Waals surface area (Å²) in [5, 5.41) is 2.63. The maximum atomic E-state index is 12.5. The molecule has 7 heteroatoms. The van der Waals surface area contributed by atoms with E-state index in [1.807, 2.05) is 0 Å². The van der Waals surface area contributed by atoms with Crippen LogP contribution < -0.4 is 14.8 Å². The number of ketones is 1. The van der Waals surface area contributed by atoms with Gasteiger partial charge in [0.25, 0.3) is 5.91 Å². The number of ether oxygens (including phenoxy) is 3. The van der Waals surface area contributed by atoms with Crippen LogP contribution in [0.2, 0.25) is 0 Å². The number of rotatable bonds is 7. The Hall–Kier alpha value is -3.35. The number of nitrogens with one attached hydrogen (secondary N) is 1. The SMILES string of the molecule is COc1cccc(OC)c1C(=O)O[C@@H](C)C(=O)Nc1ccc(C(C)=O)cc1. The molecule has 27 heavy (non-hydrogen) atoms. The van der Waals surface area contributed by atoms with Crippen molar-refractivity contribution in [2.45, 2.75) is 20.0 Å². The van der Waals surface area contributed by atoms with Crippen LogP contribution in [0, 0.1) is 0 Å². The maximum absolute atomic E-state index is 12.5. The predicted molar refractivity (Wildman–Crippen MR) is 99.5 cm³/mol. The quantitative estimate of drug-likeness (QED) is 0.594. The first-order chi connectivity index (χ1) is 12.9.